The minimum absolute atomic E-state index is 0.0222. The Bertz CT molecular complexity index is 299. The van der Waals surface area contributed by atoms with Crippen molar-refractivity contribution in [2.24, 2.45) is 0 Å². The van der Waals surface area contributed by atoms with Crippen LogP contribution in [0.15, 0.2) is 23.0 Å². The van der Waals surface area contributed by atoms with Gasteiger partial charge in [-0.3, -0.25) is 4.79 Å². The maximum Gasteiger partial charge on any atom is 0.254 e. The fraction of sp³-hybridized carbons (Fsp3) is 0.500. The normalized spacial score (nSPS) is 19.2. The summed E-state index contributed by atoms with van der Waals surface area (Å²) in [5.41, 5.74) is 0.627. The highest BCUT2D eigenvalue weighted by molar-refractivity contribution is 5.94. The summed E-state index contributed by atoms with van der Waals surface area (Å²) >= 11 is 0. The first-order valence-corrected chi connectivity index (χ1v) is 4.54. The van der Waals surface area contributed by atoms with E-state index in [9.17, 15) is 4.79 Å². The predicted octanol–water partition coefficient (Wildman–Crippen LogP) is 1.95. The van der Waals surface area contributed by atoms with Crippen LogP contribution >= 0.6 is 0 Å². The largest absolute Gasteiger partial charge is 0.472 e. The lowest BCUT2D eigenvalue weighted by Crippen LogP contribution is -2.50. The van der Waals surface area contributed by atoms with E-state index in [2.05, 4.69) is 12.2 Å². The molecule has 1 saturated carbocycles. The molecule has 1 aromatic rings. The number of nitrogens with one attached hydrogen (secondary N) is 1. The summed E-state index contributed by atoms with van der Waals surface area (Å²) in [6.45, 7) is 2.08. The quantitative estimate of drug-likeness (QED) is 0.754. The standard InChI is InChI=1S/C10H13NO2/c1-10(4-2-5-10)11-9(12)8-3-6-13-7-8/h3,6-7H,2,4-5H2,1H3,(H,11,12). The van der Waals surface area contributed by atoms with Crippen LogP contribution in [0.1, 0.15) is 36.5 Å². The Kier molecular flexibility index (Phi) is 1.87. The molecule has 0 radical (unpaired) electrons. The van der Waals surface area contributed by atoms with Crippen molar-refractivity contribution in [3.63, 3.8) is 0 Å². The van der Waals surface area contributed by atoms with Crippen molar-refractivity contribution in [1.82, 2.24) is 5.32 Å². The number of hydrogen-bond donors (Lipinski definition) is 1. The molecular formula is C10H13NO2. The average Bonchev–Trinajstić information content (AvgIpc) is 2.53. The van der Waals surface area contributed by atoms with Crippen LogP contribution in [0.3, 0.4) is 0 Å². The molecule has 1 aliphatic rings. The van der Waals surface area contributed by atoms with Gasteiger partial charge >= 0.3 is 0 Å². The van der Waals surface area contributed by atoms with Gasteiger partial charge in [0.25, 0.3) is 5.91 Å². The minimum atomic E-state index is -0.0315. The molecule has 0 aromatic carbocycles. The maximum absolute atomic E-state index is 11.5. The first-order valence-electron chi connectivity index (χ1n) is 4.54. The van der Waals surface area contributed by atoms with Crippen molar-refractivity contribution in [1.29, 1.82) is 0 Å². The van der Waals surface area contributed by atoms with E-state index < -0.39 is 0 Å². The highest BCUT2D eigenvalue weighted by atomic mass is 16.3. The van der Waals surface area contributed by atoms with Gasteiger partial charge in [-0.2, -0.15) is 0 Å². The average molecular weight is 179 g/mol. The molecule has 0 unspecified atom stereocenters. The molecule has 13 heavy (non-hydrogen) atoms. The predicted molar refractivity (Wildman–Crippen MR) is 48.4 cm³/mol. The number of furan rings is 1. The van der Waals surface area contributed by atoms with E-state index in [1.54, 1.807) is 6.07 Å². The zero-order chi connectivity index (χ0) is 9.31. The van der Waals surface area contributed by atoms with E-state index in [1.807, 2.05) is 0 Å². The molecule has 2 rings (SSSR count). The summed E-state index contributed by atoms with van der Waals surface area (Å²) < 4.78 is 4.84. The first-order chi connectivity index (χ1) is 6.20. The van der Waals surface area contributed by atoms with Crippen LogP contribution in [0.25, 0.3) is 0 Å². The Morgan fingerprint density at radius 1 is 1.62 bits per heavy atom. The van der Waals surface area contributed by atoms with Crippen LogP contribution in [0.2, 0.25) is 0 Å². The van der Waals surface area contributed by atoms with E-state index in [1.165, 1.54) is 18.9 Å². The number of carbonyl (C=O) groups excluding carboxylic acids is 1. The van der Waals surface area contributed by atoms with Crippen molar-refractivity contribution in [2.45, 2.75) is 31.7 Å². The van der Waals surface area contributed by atoms with Gasteiger partial charge in [-0.05, 0) is 32.3 Å². The van der Waals surface area contributed by atoms with Crippen LogP contribution in [0.4, 0.5) is 0 Å². The molecule has 3 heteroatoms. The molecule has 1 heterocycles. The van der Waals surface area contributed by atoms with Crippen molar-refractivity contribution in [3.8, 4) is 0 Å². The molecule has 1 amide bonds. The van der Waals surface area contributed by atoms with E-state index in [0.29, 0.717) is 5.56 Å². The Morgan fingerprint density at radius 2 is 2.38 bits per heavy atom. The molecule has 1 aliphatic carbocycles. The van der Waals surface area contributed by atoms with Crippen LogP contribution in [-0.2, 0) is 0 Å². The van der Waals surface area contributed by atoms with Crippen molar-refractivity contribution in [3.05, 3.63) is 24.2 Å². The summed E-state index contributed by atoms with van der Waals surface area (Å²) in [4.78, 5) is 11.5. The smallest absolute Gasteiger partial charge is 0.254 e. The van der Waals surface area contributed by atoms with Gasteiger partial charge in [0.2, 0.25) is 0 Å². The lowest BCUT2D eigenvalue weighted by molar-refractivity contribution is 0.0850. The second kappa shape index (κ2) is 2.91. The van der Waals surface area contributed by atoms with E-state index in [4.69, 9.17) is 4.42 Å². The van der Waals surface area contributed by atoms with Gasteiger partial charge in [-0.25, -0.2) is 0 Å². The third kappa shape index (κ3) is 1.59. The number of hydrogen-bond acceptors (Lipinski definition) is 2. The van der Waals surface area contributed by atoms with Crippen LogP contribution in [-0.4, -0.2) is 11.4 Å². The number of rotatable bonds is 2. The van der Waals surface area contributed by atoms with E-state index >= 15 is 0 Å². The van der Waals surface area contributed by atoms with Crippen molar-refractivity contribution < 1.29 is 9.21 Å². The molecule has 0 bridgehead atoms. The number of amides is 1. The molecule has 0 saturated heterocycles. The van der Waals surface area contributed by atoms with Gasteiger partial charge in [0.1, 0.15) is 6.26 Å². The fourth-order valence-corrected chi connectivity index (χ4v) is 1.57. The molecular weight excluding hydrogens is 166 g/mol. The topological polar surface area (TPSA) is 42.2 Å². The molecule has 0 aliphatic heterocycles. The van der Waals surface area contributed by atoms with Crippen LogP contribution in [0, 0.1) is 0 Å². The maximum atomic E-state index is 11.5. The molecule has 1 N–H and O–H groups in total. The Balaban J connectivity index is 1.99. The summed E-state index contributed by atoms with van der Waals surface area (Å²) in [5.74, 6) is -0.0315. The molecule has 70 valence electrons. The second-order valence-electron chi connectivity index (χ2n) is 3.88. The zero-order valence-electron chi connectivity index (χ0n) is 7.67. The third-order valence-corrected chi connectivity index (χ3v) is 2.66. The molecule has 0 atom stereocenters. The molecule has 0 spiro atoms. The Hall–Kier alpha value is -1.25. The molecule has 1 fully saturated rings. The van der Waals surface area contributed by atoms with Gasteiger partial charge in [-0.1, -0.05) is 0 Å². The van der Waals surface area contributed by atoms with Gasteiger partial charge in [0.15, 0.2) is 0 Å². The van der Waals surface area contributed by atoms with Gasteiger partial charge in [0, 0.05) is 5.54 Å². The highest BCUT2D eigenvalue weighted by Crippen LogP contribution is 2.31. The van der Waals surface area contributed by atoms with E-state index in [0.717, 1.165) is 12.8 Å². The van der Waals surface area contributed by atoms with Crippen molar-refractivity contribution >= 4 is 5.91 Å². The van der Waals surface area contributed by atoms with E-state index in [-0.39, 0.29) is 11.4 Å². The van der Waals surface area contributed by atoms with Gasteiger partial charge in [0.05, 0.1) is 11.8 Å². The van der Waals surface area contributed by atoms with Crippen LogP contribution < -0.4 is 5.32 Å². The van der Waals surface area contributed by atoms with Crippen molar-refractivity contribution in [2.75, 3.05) is 0 Å². The Morgan fingerprint density at radius 3 is 2.85 bits per heavy atom. The fourth-order valence-electron chi connectivity index (χ4n) is 1.57. The lowest BCUT2D eigenvalue weighted by Gasteiger charge is -2.38. The molecule has 3 nitrogen and oxygen atoms in total. The number of carbonyl (C=O) groups is 1. The Labute approximate surface area is 77.1 Å². The third-order valence-electron chi connectivity index (χ3n) is 2.66. The summed E-state index contributed by atoms with van der Waals surface area (Å²) in [6, 6.07) is 1.68. The first kappa shape index (κ1) is 8.35. The summed E-state index contributed by atoms with van der Waals surface area (Å²) in [7, 11) is 0. The van der Waals surface area contributed by atoms with Gasteiger partial charge in [-0.15, -0.1) is 0 Å². The monoisotopic (exact) mass is 179 g/mol. The zero-order valence-corrected chi connectivity index (χ0v) is 7.67. The lowest BCUT2D eigenvalue weighted by atomic mass is 9.78. The molecule has 1 aromatic heterocycles. The highest BCUT2D eigenvalue weighted by Gasteiger charge is 2.33. The SMILES string of the molecule is CC1(NC(=O)c2ccoc2)CCC1. The summed E-state index contributed by atoms with van der Waals surface area (Å²) in [5, 5.41) is 3.00. The summed E-state index contributed by atoms with van der Waals surface area (Å²) in [6.07, 6.45) is 6.35. The minimum Gasteiger partial charge on any atom is -0.472 e. The van der Waals surface area contributed by atoms with Crippen LogP contribution in [0.5, 0.6) is 0 Å². The second-order valence-corrected chi connectivity index (χ2v) is 3.88. The van der Waals surface area contributed by atoms with Gasteiger partial charge < -0.3 is 9.73 Å².